The fraction of sp³-hybridized carbons (Fsp3) is 0.438. The van der Waals surface area contributed by atoms with E-state index >= 15 is 0 Å². The second kappa shape index (κ2) is 8.89. The number of anilines is 1. The Morgan fingerprint density at radius 2 is 2.28 bits per heavy atom. The predicted octanol–water partition coefficient (Wildman–Crippen LogP) is 3.37. The summed E-state index contributed by atoms with van der Waals surface area (Å²) < 4.78 is 1.83. The van der Waals surface area contributed by atoms with Crippen LogP contribution in [-0.4, -0.2) is 33.3 Å². The Morgan fingerprint density at radius 3 is 2.92 bits per heavy atom. The SMILES string of the molecule is C[C@H]1C[C@@H](C(=O)Nc2ccc(Sc3nncn3C)c(Cl)c2)CCN1.Cl. The van der Waals surface area contributed by atoms with Crippen LogP contribution in [0.1, 0.15) is 19.8 Å². The molecule has 1 aromatic carbocycles. The van der Waals surface area contributed by atoms with Crippen molar-refractivity contribution in [2.45, 2.75) is 35.9 Å². The van der Waals surface area contributed by atoms with Crippen LogP contribution in [-0.2, 0) is 11.8 Å². The first-order chi connectivity index (χ1) is 11.5. The lowest BCUT2D eigenvalue weighted by atomic mass is 9.92. The van der Waals surface area contributed by atoms with Crippen molar-refractivity contribution < 1.29 is 4.79 Å². The molecule has 1 fully saturated rings. The number of amides is 1. The van der Waals surface area contributed by atoms with Gasteiger partial charge in [-0.1, -0.05) is 11.6 Å². The first kappa shape index (κ1) is 20.0. The summed E-state index contributed by atoms with van der Waals surface area (Å²) in [6.45, 7) is 2.99. The van der Waals surface area contributed by atoms with Crippen LogP contribution in [0.5, 0.6) is 0 Å². The quantitative estimate of drug-likeness (QED) is 0.821. The molecule has 1 saturated heterocycles. The highest BCUT2D eigenvalue weighted by atomic mass is 35.5. The average molecular weight is 402 g/mol. The molecule has 2 N–H and O–H groups in total. The van der Waals surface area contributed by atoms with Gasteiger partial charge in [-0.2, -0.15) is 0 Å². The highest BCUT2D eigenvalue weighted by Crippen LogP contribution is 2.33. The fourth-order valence-electron chi connectivity index (χ4n) is 2.74. The van der Waals surface area contributed by atoms with E-state index in [4.69, 9.17) is 11.6 Å². The molecular weight excluding hydrogens is 381 g/mol. The molecule has 0 radical (unpaired) electrons. The molecule has 1 aliphatic heterocycles. The lowest BCUT2D eigenvalue weighted by Crippen LogP contribution is -2.40. The lowest BCUT2D eigenvalue weighted by Gasteiger charge is -2.27. The van der Waals surface area contributed by atoms with E-state index in [2.05, 4.69) is 27.8 Å². The molecule has 1 amide bonds. The molecule has 2 heterocycles. The van der Waals surface area contributed by atoms with Crippen LogP contribution in [0.2, 0.25) is 5.02 Å². The summed E-state index contributed by atoms with van der Waals surface area (Å²) in [6.07, 6.45) is 3.37. The van der Waals surface area contributed by atoms with E-state index in [0.29, 0.717) is 11.1 Å². The van der Waals surface area contributed by atoms with E-state index in [1.807, 2.05) is 23.7 Å². The van der Waals surface area contributed by atoms with Gasteiger partial charge in [0.2, 0.25) is 5.91 Å². The number of piperidine rings is 1. The maximum absolute atomic E-state index is 12.4. The van der Waals surface area contributed by atoms with Gasteiger partial charge in [0.15, 0.2) is 5.16 Å². The number of nitrogens with zero attached hydrogens (tertiary/aromatic N) is 3. The number of nitrogens with one attached hydrogen (secondary N) is 2. The maximum Gasteiger partial charge on any atom is 0.227 e. The van der Waals surface area contributed by atoms with E-state index in [9.17, 15) is 4.79 Å². The molecule has 1 aliphatic rings. The summed E-state index contributed by atoms with van der Waals surface area (Å²) >= 11 is 7.79. The number of halogens is 2. The van der Waals surface area contributed by atoms with Gasteiger partial charge in [-0.05, 0) is 56.3 Å². The van der Waals surface area contributed by atoms with Crippen molar-refractivity contribution in [2.75, 3.05) is 11.9 Å². The predicted molar refractivity (Wildman–Crippen MR) is 103 cm³/mol. The number of carbonyl (C=O) groups excluding carboxylic acids is 1. The molecule has 0 bridgehead atoms. The number of benzene rings is 1. The standard InChI is InChI=1S/C16H20ClN5OS.ClH/c1-10-7-11(5-6-18-10)15(23)20-12-3-4-14(13(17)8-12)24-16-21-19-9-22(16)2;/h3-4,8-11,18H,5-7H2,1-2H3,(H,20,23);1H/t10-,11-;/m0./s1. The Bertz CT molecular complexity index is 739. The summed E-state index contributed by atoms with van der Waals surface area (Å²) in [4.78, 5) is 13.3. The van der Waals surface area contributed by atoms with Crippen LogP contribution < -0.4 is 10.6 Å². The van der Waals surface area contributed by atoms with Crippen molar-refractivity contribution in [3.05, 3.63) is 29.5 Å². The van der Waals surface area contributed by atoms with Crippen LogP contribution in [0.25, 0.3) is 0 Å². The monoisotopic (exact) mass is 401 g/mol. The van der Waals surface area contributed by atoms with E-state index < -0.39 is 0 Å². The highest BCUT2D eigenvalue weighted by Gasteiger charge is 2.24. The van der Waals surface area contributed by atoms with Crippen LogP contribution in [0.15, 0.2) is 34.6 Å². The van der Waals surface area contributed by atoms with Gasteiger partial charge in [0.1, 0.15) is 6.33 Å². The zero-order valence-corrected chi connectivity index (χ0v) is 16.4. The van der Waals surface area contributed by atoms with Gasteiger partial charge < -0.3 is 15.2 Å². The summed E-state index contributed by atoms with van der Waals surface area (Å²) in [7, 11) is 1.88. The molecule has 2 aromatic rings. The molecule has 0 spiro atoms. The molecule has 2 atom stereocenters. The van der Waals surface area contributed by atoms with Crippen LogP contribution in [0.4, 0.5) is 5.69 Å². The summed E-state index contributed by atoms with van der Waals surface area (Å²) in [5, 5.41) is 15.6. The van der Waals surface area contributed by atoms with Gasteiger partial charge >= 0.3 is 0 Å². The Balaban J connectivity index is 0.00000225. The minimum absolute atomic E-state index is 0. The first-order valence-electron chi connectivity index (χ1n) is 7.88. The van der Waals surface area contributed by atoms with E-state index in [1.165, 1.54) is 11.8 Å². The molecular formula is C16H21Cl2N5OS. The van der Waals surface area contributed by atoms with E-state index in [1.54, 1.807) is 12.4 Å². The zero-order chi connectivity index (χ0) is 17.1. The van der Waals surface area contributed by atoms with Gasteiger partial charge in [0.25, 0.3) is 0 Å². The van der Waals surface area contributed by atoms with Crippen molar-refractivity contribution in [3.8, 4) is 0 Å². The summed E-state index contributed by atoms with van der Waals surface area (Å²) in [5.41, 5.74) is 0.721. The lowest BCUT2D eigenvalue weighted by molar-refractivity contribution is -0.120. The van der Waals surface area contributed by atoms with Gasteiger partial charge in [0.05, 0.1) is 5.02 Å². The van der Waals surface area contributed by atoms with Crippen molar-refractivity contribution in [3.63, 3.8) is 0 Å². The molecule has 1 aromatic heterocycles. The second-order valence-electron chi connectivity index (χ2n) is 6.04. The first-order valence-corrected chi connectivity index (χ1v) is 9.08. The van der Waals surface area contributed by atoms with Crippen molar-refractivity contribution in [1.29, 1.82) is 0 Å². The highest BCUT2D eigenvalue weighted by molar-refractivity contribution is 7.99. The van der Waals surface area contributed by atoms with Crippen LogP contribution >= 0.6 is 35.8 Å². The number of rotatable bonds is 4. The average Bonchev–Trinajstić information content (AvgIpc) is 2.95. The number of aromatic nitrogens is 3. The van der Waals surface area contributed by atoms with Gasteiger partial charge in [-0.15, -0.1) is 22.6 Å². The Morgan fingerprint density at radius 1 is 1.48 bits per heavy atom. The van der Waals surface area contributed by atoms with E-state index in [0.717, 1.165) is 35.1 Å². The third kappa shape index (κ3) is 5.10. The topological polar surface area (TPSA) is 71.8 Å². The summed E-state index contributed by atoms with van der Waals surface area (Å²) in [5.74, 6) is 0.112. The van der Waals surface area contributed by atoms with Crippen LogP contribution in [0.3, 0.4) is 0 Å². The molecule has 0 saturated carbocycles. The van der Waals surface area contributed by atoms with Gasteiger partial charge in [-0.3, -0.25) is 4.79 Å². The largest absolute Gasteiger partial charge is 0.326 e. The van der Waals surface area contributed by atoms with Gasteiger partial charge in [0, 0.05) is 29.6 Å². The molecule has 0 unspecified atom stereocenters. The third-order valence-electron chi connectivity index (χ3n) is 4.06. The molecule has 3 rings (SSSR count). The van der Waals surface area contributed by atoms with Crippen molar-refractivity contribution in [2.24, 2.45) is 13.0 Å². The smallest absolute Gasteiger partial charge is 0.227 e. The minimum Gasteiger partial charge on any atom is -0.326 e. The zero-order valence-electron chi connectivity index (χ0n) is 14.0. The number of hydrogen-bond donors (Lipinski definition) is 2. The Kier molecular flexibility index (Phi) is 7.13. The van der Waals surface area contributed by atoms with Gasteiger partial charge in [-0.25, -0.2) is 0 Å². The molecule has 25 heavy (non-hydrogen) atoms. The summed E-state index contributed by atoms with van der Waals surface area (Å²) in [6, 6.07) is 5.92. The molecule has 136 valence electrons. The van der Waals surface area contributed by atoms with Crippen LogP contribution in [0, 0.1) is 5.92 Å². The molecule has 0 aliphatic carbocycles. The molecule has 9 heteroatoms. The third-order valence-corrected chi connectivity index (χ3v) is 5.62. The minimum atomic E-state index is 0. The van der Waals surface area contributed by atoms with Crippen molar-refractivity contribution >= 4 is 47.4 Å². The number of hydrogen-bond acceptors (Lipinski definition) is 5. The Labute approximate surface area is 162 Å². The molecule has 6 nitrogen and oxygen atoms in total. The van der Waals surface area contributed by atoms with E-state index in [-0.39, 0.29) is 24.2 Å². The second-order valence-corrected chi connectivity index (χ2v) is 7.45. The normalized spacial score (nSPS) is 20.0. The number of aryl methyl sites for hydroxylation is 1. The fourth-order valence-corrected chi connectivity index (χ4v) is 3.80. The number of carbonyl (C=O) groups is 1. The Hall–Kier alpha value is -1.28. The maximum atomic E-state index is 12.4. The van der Waals surface area contributed by atoms with Crippen molar-refractivity contribution in [1.82, 2.24) is 20.1 Å².